The summed E-state index contributed by atoms with van der Waals surface area (Å²) >= 11 is 1.55. The average molecular weight is 391 g/mol. The molecule has 2 aromatic heterocycles. The molecule has 6 heteroatoms. The molecule has 2 heterocycles. The summed E-state index contributed by atoms with van der Waals surface area (Å²) in [6.07, 6.45) is 0. The Morgan fingerprint density at radius 1 is 1.07 bits per heavy atom. The fourth-order valence-electron chi connectivity index (χ4n) is 2.96. The van der Waals surface area contributed by atoms with Crippen LogP contribution < -0.4 is 5.32 Å². The van der Waals surface area contributed by atoms with Crippen molar-refractivity contribution in [3.63, 3.8) is 0 Å². The topological polar surface area (TPSA) is 46.9 Å². The van der Waals surface area contributed by atoms with Crippen molar-refractivity contribution in [1.29, 1.82) is 0 Å². The van der Waals surface area contributed by atoms with Crippen LogP contribution in [0.1, 0.15) is 29.0 Å². The van der Waals surface area contributed by atoms with Gasteiger partial charge in [0.05, 0.1) is 16.6 Å². The number of carbonyl (C=O) groups excluding carboxylic acids is 1. The highest BCUT2D eigenvalue weighted by Gasteiger charge is 2.20. The van der Waals surface area contributed by atoms with Crippen LogP contribution in [0, 0.1) is 5.82 Å². The lowest BCUT2D eigenvalue weighted by molar-refractivity contribution is 0.0932. The van der Waals surface area contributed by atoms with Crippen molar-refractivity contribution >= 4 is 17.2 Å². The third-order valence-electron chi connectivity index (χ3n) is 4.43. The number of nitrogens with zero attached hydrogens (tertiary/aromatic N) is 2. The third-order valence-corrected chi connectivity index (χ3v) is 5.33. The molecule has 4 rings (SSSR count). The van der Waals surface area contributed by atoms with E-state index in [2.05, 4.69) is 10.4 Å². The van der Waals surface area contributed by atoms with E-state index in [4.69, 9.17) is 0 Å². The Labute approximate surface area is 166 Å². The zero-order valence-electron chi connectivity index (χ0n) is 15.2. The maximum absolute atomic E-state index is 13.3. The molecule has 1 amide bonds. The van der Waals surface area contributed by atoms with Crippen molar-refractivity contribution in [2.75, 3.05) is 0 Å². The standard InChI is InChI=1S/C22H18FN3OS/c1-15(16-6-3-2-4-7-16)24-22(27)20-14-19(21-8-5-13-28-21)25-26(20)18-11-9-17(23)10-12-18/h2-15H,1H3,(H,24,27). The van der Waals surface area contributed by atoms with Gasteiger partial charge in [-0.25, -0.2) is 9.07 Å². The molecular formula is C22H18FN3OS. The van der Waals surface area contributed by atoms with Gasteiger partial charge in [0, 0.05) is 0 Å². The zero-order chi connectivity index (χ0) is 19.5. The molecule has 0 aliphatic carbocycles. The molecular weight excluding hydrogens is 373 g/mol. The maximum atomic E-state index is 13.3. The molecule has 1 unspecified atom stereocenters. The largest absolute Gasteiger partial charge is 0.344 e. The van der Waals surface area contributed by atoms with E-state index in [9.17, 15) is 9.18 Å². The summed E-state index contributed by atoms with van der Waals surface area (Å²) in [6.45, 7) is 1.94. The quantitative estimate of drug-likeness (QED) is 0.506. The molecule has 0 saturated carbocycles. The predicted molar refractivity (Wildman–Crippen MR) is 109 cm³/mol. The molecule has 0 spiro atoms. The van der Waals surface area contributed by atoms with Crippen molar-refractivity contribution in [3.8, 4) is 16.3 Å². The molecule has 2 aromatic carbocycles. The van der Waals surface area contributed by atoms with E-state index in [1.54, 1.807) is 34.2 Å². The van der Waals surface area contributed by atoms with Gasteiger partial charge in [0.15, 0.2) is 0 Å². The first kappa shape index (κ1) is 18.1. The second-order valence-electron chi connectivity index (χ2n) is 6.39. The summed E-state index contributed by atoms with van der Waals surface area (Å²) in [5.74, 6) is -0.575. The van der Waals surface area contributed by atoms with E-state index in [0.717, 1.165) is 10.4 Å². The summed E-state index contributed by atoms with van der Waals surface area (Å²) in [6, 6.07) is 21.2. The lowest BCUT2D eigenvalue weighted by Crippen LogP contribution is -2.28. The van der Waals surface area contributed by atoms with E-state index < -0.39 is 0 Å². The van der Waals surface area contributed by atoms with E-state index in [0.29, 0.717) is 17.1 Å². The first-order chi connectivity index (χ1) is 13.6. The Morgan fingerprint density at radius 2 is 1.82 bits per heavy atom. The number of thiophene rings is 1. The Bertz CT molecular complexity index is 1070. The lowest BCUT2D eigenvalue weighted by atomic mass is 10.1. The number of benzene rings is 2. The van der Waals surface area contributed by atoms with Crippen molar-refractivity contribution in [1.82, 2.24) is 15.1 Å². The minimum atomic E-state index is -0.335. The molecule has 4 nitrogen and oxygen atoms in total. The fraction of sp³-hybridized carbons (Fsp3) is 0.0909. The lowest BCUT2D eigenvalue weighted by Gasteiger charge is -2.15. The van der Waals surface area contributed by atoms with Crippen LogP contribution in [-0.2, 0) is 0 Å². The molecule has 1 N–H and O–H groups in total. The number of aromatic nitrogens is 2. The number of amides is 1. The average Bonchev–Trinajstić information content (AvgIpc) is 3.39. The van der Waals surface area contributed by atoms with Crippen LogP contribution >= 0.6 is 11.3 Å². The summed E-state index contributed by atoms with van der Waals surface area (Å²) in [7, 11) is 0. The predicted octanol–water partition coefficient (Wildman–Crippen LogP) is 5.23. The molecule has 0 radical (unpaired) electrons. The van der Waals surface area contributed by atoms with E-state index in [-0.39, 0.29) is 17.8 Å². The van der Waals surface area contributed by atoms with Gasteiger partial charge in [-0.05, 0) is 54.3 Å². The van der Waals surface area contributed by atoms with Gasteiger partial charge < -0.3 is 5.32 Å². The third kappa shape index (κ3) is 3.73. The molecule has 0 bridgehead atoms. The highest BCUT2D eigenvalue weighted by atomic mass is 32.1. The first-order valence-corrected chi connectivity index (χ1v) is 9.75. The zero-order valence-corrected chi connectivity index (χ0v) is 16.0. The van der Waals surface area contributed by atoms with Crippen molar-refractivity contribution in [2.45, 2.75) is 13.0 Å². The second kappa shape index (κ2) is 7.78. The number of nitrogens with one attached hydrogen (secondary N) is 1. The number of hydrogen-bond acceptors (Lipinski definition) is 3. The van der Waals surface area contributed by atoms with Crippen LogP contribution in [0.2, 0.25) is 0 Å². The Balaban J connectivity index is 1.70. The summed E-state index contributed by atoms with van der Waals surface area (Å²) in [5.41, 5.74) is 2.75. The van der Waals surface area contributed by atoms with Crippen LogP contribution in [0.4, 0.5) is 4.39 Å². The minimum Gasteiger partial charge on any atom is -0.344 e. The highest BCUT2D eigenvalue weighted by molar-refractivity contribution is 7.13. The van der Waals surface area contributed by atoms with Crippen LogP contribution in [0.15, 0.2) is 78.2 Å². The van der Waals surface area contributed by atoms with Crippen molar-refractivity contribution in [2.24, 2.45) is 0 Å². The van der Waals surface area contributed by atoms with Gasteiger partial charge >= 0.3 is 0 Å². The molecule has 0 aliphatic heterocycles. The minimum absolute atomic E-state index is 0.157. The molecule has 0 fully saturated rings. The molecule has 0 aliphatic rings. The Kier molecular flexibility index (Phi) is 5.04. The van der Waals surface area contributed by atoms with E-state index >= 15 is 0 Å². The molecule has 0 saturated heterocycles. The molecule has 28 heavy (non-hydrogen) atoms. The first-order valence-electron chi connectivity index (χ1n) is 8.87. The maximum Gasteiger partial charge on any atom is 0.270 e. The summed E-state index contributed by atoms with van der Waals surface area (Å²) in [4.78, 5) is 14.0. The molecule has 4 aromatic rings. The van der Waals surface area contributed by atoms with Crippen molar-refractivity contribution in [3.05, 3.63) is 95.3 Å². The van der Waals surface area contributed by atoms with Gasteiger partial charge in [-0.15, -0.1) is 11.3 Å². The van der Waals surface area contributed by atoms with Crippen LogP contribution in [0.5, 0.6) is 0 Å². The molecule has 1 atom stereocenters. The second-order valence-corrected chi connectivity index (χ2v) is 7.33. The number of rotatable bonds is 5. The normalized spacial score (nSPS) is 11.9. The van der Waals surface area contributed by atoms with Crippen LogP contribution in [0.3, 0.4) is 0 Å². The number of hydrogen-bond donors (Lipinski definition) is 1. The fourth-order valence-corrected chi connectivity index (χ4v) is 3.64. The molecule has 140 valence electrons. The van der Waals surface area contributed by atoms with Gasteiger partial charge in [0.1, 0.15) is 17.2 Å². The van der Waals surface area contributed by atoms with Gasteiger partial charge in [0.25, 0.3) is 5.91 Å². The number of halogens is 1. The van der Waals surface area contributed by atoms with Gasteiger partial charge in [0.2, 0.25) is 0 Å². The summed E-state index contributed by atoms with van der Waals surface area (Å²) < 4.78 is 14.9. The van der Waals surface area contributed by atoms with E-state index in [1.165, 1.54) is 12.1 Å². The van der Waals surface area contributed by atoms with Gasteiger partial charge in [-0.2, -0.15) is 5.10 Å². The monoisotopic (exact) mass is 391 g/mol. The van der Waals surface area contributed by atoms with Gasteiger partial charge in [-0.1, -0.05) is 36.4 Å². The number of carbonyl (C=O) groups is 1. The smallest absolute Gasteiger partial charge is 0.270 e. The van der Waals surface area contributed by atoms with Crippen molar-refractivity contribution < 1.29 is 9.18 Å². The highest BCUT2D eigenvalue weighted by Crippen LogP contribution is 2.26. The van der Waals surface area contributed by atoms with Crippen LogP contribution in [-0.4, -0.2) is 15.7 Å². The Morgan fingerprint density at radius 3 is 2.50 bits per heavy atom. The Hall–Kier alpha value is -3.25. The van der Waals surface area contributed by atoms with Crippen LogP contribution in [0.25, 0.3) is 16.3 Å². The summed E-state index contributed by atoms with van der Waals surface area (Å²) in [5, 5.41) is 9.58. The van der Waals surface area contributed by atoms with E-state index in [1.807, 2.05) is 54.8 Å². The van der Waals surface area contributed by atoms with Gasteiger partial charge in [-0.3, -0.25) is 4.79 Å². The SMILES string of the molecule is CC(NC(=O)c1cc(-c2cccs2)nn1-c1ccc(F)cc1)c1ccccc1.